The zero-order chi connectivity index (χ0) is 16.9. The number of anilines is 1. The number of nitriles is 1. The number of carbonyl (C=O) groups is 1. The summed E-state index contributed by atoms with van der Waals surface area (Å²) in [5.41, 5.74) is 0.567. The van der Waals surface area contributed by atoms with Crippen LogP contribution in [0.3, 0.4) is 0 Å². The molecule has 0 bridgehead atoms. The van der Waals surface area contributed by atoms with Crippen molar-refractivity contribution < 1.29 is 4.79 Å². The highest BCUT2D eigenvalue weighted by Gasteiger charge is 2.25. The molecule has 0 unspecified atom stereocenters. The first-order chi connectivity index (χ1) is 11.7. The molecule has 24 heavy (non-hydrogen) atoms. The Morgan fingerprint density at radius 3 is 2.75 bits per heavy atom. The smallest absolute Gasteiger partial charge is 0.223 e. The number of pyridine rings is 1. The molecule has 1 saturated heterocycles. The number of hydrogen-bond donors (Lipinski definition) is 1. The number of amides is 1. The van der Waals surface area contributed by atoms with Crippen molar-refractivity contribution in [3.8, 4) is 6.07 Å². The van der Waals surface area contributed by atoms with Crippen LogP contribution >= 0.6 is 11.3 Å². The predicted molar refractivity (Wildman–Crippen MR) is 94.8 cm³/mol. The average Bonchev–Trinajstić information content (AvgIpc) is 3.05. The van der Waals surface area contributed by atoms with Crippen LogP contribution in [0.2, 0.25) is 0 Å². The molecule has 3 heterocycles. The molecule has 124 valence electrons. The number of hydrogen-bond acceptors (Lipinski definition) is 5. The first kappa shape index (κ1) is 16.5. The van der Waals surface area contributed by atoms with Crippen LogP contribution in [0.5, 0.6) is 0 Å². The highest BCUT2D eigenvalue weighted by Crippen LogP contribution is 2.22. The van der Waals surface area contributed by atoms with E-state index in [1.165, 1.54) is 9.75 Å². The summed E-state index contributed by atoms with van der Waals surface area (Å²) in [6.07, 6.45) is 3.26. The Hall–Kier alpha value is -2.39. The minimum absolute atomic E-state index is 0.0701. The van der Waals surface area contributed by atoms with Gasteiger partial charge in [0, 0.05) is 35.0 Å². The van der Waals surface area contributed by atoms with E-state index in [0.717, 1.165) is 31.7 Å². The molecule has 1 fully saturated rings. The van der Waals surface area contributed by atoms with Crippen LogP contribution in [0.1, 0.15) is 28.2 Å². The number of piperidine rings is 1. The van der Waals surface area contributed by atoms with Crippen molar-refractivity contribution in [2.45, 2.75) is 26.3 Å². The molecule has 2 aromatic rings. The molecule has 1 aliphatic heterocycles. The van der Waals surface area contributed by atoms with E-state index < -0.39 is 0 Å². The van der Waals surface area contributed by atoms with Crippen molar-refractivity contribution in [3.63, 3.8) is 0 Å². The van der Waals surface area contributed by atoms with E-state index in [0.29, 0.717) is 12.1 Å². The van der Waals surface area contributed by atoms with Gasteiger partial charge in [-0.1, -0.05) is 0 Å². The van der Waals surface area contributed by atoms with Crippen LogP contribution in [0.15, 0.2) is 30.5 Å². The molecular formula is C18H20N4OS. The molecule has 0 aliphatic carbocycles. The van der Waals surface area contributed by atoms with Gasteiger partial charge in [-0.2, -0.15) is 5.26 Å². The summed E-state index contributed by atoms with van der Waals surface area (Å²) < 4.78 is 0. The molecule has 1 amide bonds. The first-order valence-corrected chi connectivity index (χ1v) is 8.91. The van der Waals surface area contributed by atoms with Gasteiger partial charge in [0.05, 0.1) is 12.1 Å². The first-order valence-electron chi connectivity index (χ1n) is 8.10. The van der Waals surface area contributed by atoms with Crippen LogP contribution in [0.25, 0.3) is 0 Å². The van der Waals surface area contributed by atoms with Crippen LogP contribution in [0.4, 0.5) is 5.82 Å². The normalized spacial score (nSPS) is 15.1. The number of nitrogens with one attached hydrogen (secondary N) is 1. The largest absolute Gasteiger partial charge is 0.357 e. The van der Waals surface area contributed by atoms with Gasteiger partial charge in [-0.25, -0.2) is 4.98 Å². The molecule has 0 saturated carbocycles. The van der Waals surface area contributed by atoms with Crippen molar-refractivity contribution >= 4 is 23.1 Å². The van der Waals surface area contributed by atoms with Crippen molar-refractivity contribution in [3.05, 3.63) is 45.8 Å². The average molecular weight is 340 g/mol. The Bertz CT molecular complexity index is 739. The number of rotatable bonds is 4. The van der Waals surface area contributed by atoms with Crippen LogP contribution in [-0.4, -0.2) is 24.0 Å². The van der Waals surface area contributed by atoms with E-state index in [2.05, 4.69) is 40.3 Å². The molecule has 5 nitrogen and oxygen atoms in total. The minimum atomic E-state index is 0.0701. The van der Waals surface area contributed by atoms with Crippen LogP contribution in [-0.2, 0) is 11.3 Å². The van der Waals surface area contributed by atoms with Crippen molar-refractivity contribution in [2.24, 2.45) is 5.92 Å². The van der Waals surface area contributed by atoms with Crippen LogP contribution in [0, 0.1) is 24.2 Å². The highest BCUT2D eigenvalue weighted by molar-refractivity contribution is 7.11. The standard InChI is InChI=1S/C18H20N4OS/c1-13-2-4-16(24-13)12-21-18(23)15-6-8-22(9-7-15)17-5-3-14(10-19)11-20-17/h2-5,11,15H,6-9,12H2,1H3,(H,21,23). The van der Waals surface area contributed by atoms with E-state index in [-0.39, 0.29) is 11.8 Å². The Balaban J connectivity index is 1.48. The van der Waals surface area contributed by atoms with Gasteiger partial charge in [-0.15, -0.1) is 11.3 Å². The molecule has 1 N–H and O–H groups in total. The van der Waals surface area contributed by atoms with Crippen molar-refractivity contribution in [1.82, 2.24) is 10.3 Å². The predicted octanol–water partition coefficient (Wildman–Crippen LogP) is 2.86. The van der Waals surface area contributed by atoms with Crippen molar-refractivity contribution in [1.29, 1.82) is 5.26 Å². The molecule has 1 aliphatic rings. The monoisotopic (exact) mass is 340 g/mol. The molecular weight excluding hydrogens is 320 g/mol. The van der Waals surface area contributed by atoms with E-state index in [1.54, 1.807) is 23.6 Å². The molecule has 0 radical (unpaired) electrons. The van der Waals surface area contributed by atoms with Gasteiger partial charge in [-0.3, -0.25) is 4.79 Å². The second-order valence-electron chi connectivity index (χ2n) is 6.01. The number of carbonyl (C=O) groups excluding carboxylic acids is 1. The lowest BCUT2D eigenvalue weighted by Gasteiger charge is -2.32. The highest BCUT2D eigenvalue weighted by atomic mass is 32.1. The third-order valence-electron chi connectivity index (χ3n) is 4.30. The summed E-state index contributed by atoms with van der Waals surface area (Å²) in [5, 5.41) is 11.9. The van der Waals surface area contributed by atoms with E-state index in [1.807, 2.05) is 6.07 Å². The SMILES string of the molecule is Cc1ccc(CNC(=O)C2CCN(c3ccc(C#N)cn3)CC2)s1. The van der Waals surface area contributed by atoms with Gasteiger partial charge >= 0.3 is 0 Å². The maximum atomic E-state index is 12.3. The van der Waals surface area contributed by atoms with Gasteiger partial charge in [0.2, 0.25) is 5.91 Å². The second kappa shape index (κ2) is 7.45. The summed E-state index contributed by atoms with van der Waals surface area (Å²) in [5.74, 6) is 1.09. The van der Waals surface area contributed by atoms with Gasteiger partial charge in [0.15, 0.2) is 0 Å². The molecule has 6 heteroatoms. The molecule has 0 atom stereocenters. The quantitative estimate of drug-likeness (QED) is 0.929. The fourth-order valence-corrected chi connectivity index (χ4v) is 3.74. The Labute approximate surface area is 145 Å². The Morgan fingerprint density at radius 2 is 2.17 bits per heavy atom. The zero-order valence-electron chi connectivity index (χ0n) is 13.7. The fourth-order valence-electron chi connectivity index (χ4n) is 2.91. The maximum Gasteiger partial charge on any atom is 0.223 e. The molecule has 0 spiro atoms. The van der Waals surface area contributed by atoms with E-state index in [4.69, 9.17) is 5.26 Å². The molecule has 0 aromatic carbocycles. The fraction of sp³-hybridized carbons (Fsp3) is 0.389. The summed E-state index contributed by atoms with van der Waals surface area (Å²) in [7, 11) is 0. The lowest BCUT2D eigenvalue weighted by atomic mass is 9.96. The molecule has 2 aromatic heterocycles. The van der Waals surface area contributed by atoms with Crippen LogP contribution < -0.4 is 10.2 Å². The lowest BCUT2D eigenvalue weighted by molar-refractivity contribution is -0.125. The third kappa shape index (κ3) is 3.92. The Kier molecular flexibility index (Phi) is 5.11. The summed E-state index contributed by atoms with van der Waals surface area (Å²) in [6.45, 7) is 4.32. The van der Waals surface area contributed by atoms with Gasteiger partial charge < -0.3 is 10.2 Å². The zero-order valence-corrected chi connectivity index (χ0v) is 14.5. The summed E-state index contributed by atoms with van der Waals surface area (Å²) in [6, 6.07) is 9.88. The second-order valence-corrected chi connectivity index (χ2v) is 7.38. The number of aryl methyl sites for hydroxylation is 1. The molecule has 3 rings (SSSR count). The third-order valence-corrected chi connectivity index (χ3v) is 5.30. The number of nitrogens with zero attached hydrogens (tertiary/aromatic N) is 3. The minimum Gasteiger partial charge on any atom is -0.357 e. The van der Waals surface area contributed by atoms with E-state index in [9.17, 15) is 4.79 Å². The lowest BCUT2D eigenvalue weighted by Crippen LogP contribution is -2.40. The van der Waals surface area contributed by atoms with Gasteiger partial charge in [0.1, 0.15) is 11.9 Å². The maximum absolute atomic E-state index is 12.3. The topological polar surface area (TPSA) is 69.0 Å². The van der Waals surface area contributed by atoms with Gasteiger partial charge in [0.25, 0.3) is 0 Å². The number of thiophene rings is 1. The van der Waals surface area contributed by atoms with E-state index >= 15 is 0 Å². The summed E-state index contributed by atoms with van der Waals surface area (Å²) in [4.78, 5) is 21.3. The number of aromatic nitrogens is 1. The summed E-state index contributed by atoms with van der Waals surface area (Å²) >= 11 is 1.72. The van der Waals surface area contributed by atoms with Gasteiger partial charge in [-0.05, 0) is 44.0 Å². The van der Waals surface area contributed by atoms with Crippen molar-refractivity contribution in [2.75, 3.05) is 18.0 Å². The Morgan fingerprint density at radius 1 is 1.38 bits per heavy atom.